The molecule has 6 nitrogen and oxygen atoms in total. The van der Waals surface area contributed by atoms with Crippen molar-refractivity contribution in [1.82, 2.24) is 4.98 Å². The lowest BCUT2D eigenvalue weighted by Crippen LogP contribution is -2.11. The van der Waals surface area contributed by atoms with Crippen LogP contribution in [0, 0.1) is 0 Å². The van der Waals surface area contributed by atoms with Crippen molar-refractivity contribution in [2.75, 3.05) is 6.61 Å². The minimum absolute atomic E-state index is 0.0817. The van der Waals surface area contributed by atoms with Crippen molar-refractivity contribution < 1.29 is 19.1 Å². The molecule has 0 atom stereocenters. The fourth-order valence-electron chi connectivity index (χ4n) is 1.79. The molecule has 1 aromatic carbocycles. The van der Waals surface area contributed by atoms with Gasteiger partial charge in [0.2, 0.25) is 11.8 Å². The number of carbonyl (C=O) groups is 2. The van der Waals surface area contributed by atoms with E-state index in [0.29, 0.717) is 12.2 Å². The number of benzene rings is 1. The van der Waals surface area contributed by atoms with Gasteiger partial charge in [0.05, 0.1) is 6.61 Å². The van der Waals surface area contributed by atoms with Gasteiger partial charge in [-0.25, -0.2) is 9.78 Å². The van der Waals surface area contributed by atoms with Crippen LogP contribution in [-0.2, 0) is 11.3 Å². The first-order valence-electron chi connectivity index (χ1n) is 6.75. The zero-order valence-corrected chi connectivity index (χ0v) is 12.1. The summed E-state index contributed by atoms with van der Waals surface area (Å²) in [5, 5.41) is 0. The van der Waals surface area contributed by atoms with Gasteiger partial charge in [0.15, 0.2) is 0 Å². The number of nitrogens with two attached hydrogens (primary N) is 1. The highest BCUT2D eigenvalue weighted by atomic mass is 16.5. The predicted octanol–water partition coefficient (Wildman–Crippen LogP) is 1.94. The van der Waals surface area contributed by atoms with E-state index in [-0.39, 0.29) is 18.1 Å². The number of hydrogen-bond acceptors (Lipinski definition) is 5. The maximum Gasteiger partial charge on any atom is 0.343 e. The number of rotatable bonds is 6. The molecule has 2 aromatic rings. The van der Waals surface area contributed by atoms with Crippen molar-refractivity contribution in [3.8, 4) is 5.88 Å². The lowest BCUT2D eigenvalue weighted by Gasteiger charge is -2.09. The van der Waals surface area contributed by atoms with Crippen LogP contribution in [0.2, 0.25) is 0 Å². The zero-order valence-electron chi connectivity index (χ0n) is 12.1. The second kappa shape index (κ2) is 7.21. The van der Waals surface area contributed by atoms with Crippen LogP contribution < -0.4 is 10.5 Å². The number of pyridine rings is 1. The summed E-state index contributed by atoms with van der Waals surface area (Å²) in [5.41, 5.74) is 6.59. The largest absolute Gasteiger partial charge is 0.477 e. The van der Waals surface area contributed by atoms with Crippen LogP contribution in [0.4, 0.5) is 0 Å². The van der Waals surface area contributed by atoms with Gasteiger partial charge in [0, 0.05) is 11.8 Å². The number of amides is 1. The van der Waals surface area contributed by atoms with Gasteiger partial charge in [0.25, 0.3) is 0 Å². The monoisotopic (exact) mass is 300 g/mol. The van der Waals surface area contributed by atoms with Gasteiger partial charge < -0.3 is 15.2 Å². The lowest BCUT2D eigenvalue weighted by atomic mass is 10.1. The highest BCUT2D eigenvalue weighted by Crippen LogP contribution is 2.16. The second-order valence-corrected chi connectivity index (χ2v) is 4.43. The van der Waals surface area contributed by atoms with Crippen molar-refractivity contribution in [2.45, 2.75) is 13.5 Å². The van der Waals surface area contributed by atoms with Crippen LogP contribution in [0.1, 0.15) is 33.2 Å². The number of hydrogen-bond donors (Lipinski definition) is 1. The average Bonchev–Trinajstić information content (AvgIpc) is 2.54. The Labute approximate surface area is 127 Å². The van der Waals surface area contributed by atoms with E-state index < -0.39 is 11.9 Å². The molecule has 2 rings (SSSR count). The molecule has 22 heavy (non-hydrogen) atoms. The molecular weight excluding hydrogens is 284 g/mol. The fourth-order valence-corrected chi connectivity index (χ4v) is 1.79. The average molecular weight is 300 g/mol. The minimum atomic E-state index is -0.518. The van der Waals surface area contributed by atoms with Gasteiger partial charge in [-0.3, -0.25) is 4.79 Å². The molecule has 0 unspecified atom stereocenters. The molecule has 0 bridgehead atoms. The molecule has 1 amide bonds. The number of esters is 1. The van der Waals surface area contributed by atoms with E-state index in [1.807, 2.05) is 6.92 Å². The maximum atomic E-state index is 12.1. The van der Waals surface area contributed by atoms with Crippen LogP contribution in [0.5, 0.6) is 5.88 Å². The Balaban J connectivity index is 2.02. The predicted molar refractivity (Wildman–Crippen MR) is 79.5 cm³/mol. The van der Waals surface area contributed by atoms with Gasteiger partial charge in [-0.2, -0.15) is 0 Å². The number of ether oxygens (including phenoxy) is 2. The Morgan fingerprint density at radius 3 is 2.55 bits per heavy atom. The molecule has 0 aliphatic carbocycles. The second-order valence-electron chi connectivity index (χ2n) is 4.43. The third kappa shape index (κ3) is 3.82. The molecule has 0 radical (unpaired) electrons. The van der Waals surface area contributed by atoms with E-state index in [9.17, 15) is 9.59 Å². The topological polar surface area (TPSA) is 91.5 Å². The van der Waals surface area contributed by atoms with E-state index in [4.69, 9.17) is 15.2 Å². The van der Waals surface area contributed by atoms with Gasteiger partial charge in [-0.15, -0.1) is 0 Å². The first kappa shape index (κ1) is 15.5. The minimum Gasteiger partial charge on any atom is -0.477 e. The molecule has 114 valence electrons. The summed E-state index contributed by atoms with van der Waals surface area (Å²) < 4.78 is 10.5. The summed E-state index contributed by atoms with van der Waals surface area (Å²) in [6.07, 6.45) is 1.55. The van der Waals surface area contributed by atoms with E-state index >= 15 is 0 Å². The number of primary amides is 1. The van der Waals surface area contributed by atoms with Crippen LogP contribution in [0.3, 0.4) is 0 Å². The molecule has 1 aromatic heterocycles. The molecular formula is C16H16N2O4. The van der Waals surface area contributed by atoms with Crippen molar-refractivity contribution in [2.24, 2.45) is 5.73 Å². The van der Waals surface area contributed by atoms with E-state index in [1.54, 1.807) is 42.6 Å². The highest BCUT2D eigenvalue weighted by Gasteiger charge is 2.14. The number of carbonyl (C=O) groups excluding carboxylic acids is 2. The summed E-state index contributed by atoms with van der Waals surface area (Å²) in [6, 6.07) is 9.76. The number of nitrogens with zero attached hydrogens (tertiary/aromatic N) is 1. The summed E-state index contributed by atoms with van der Waals surface area (Å²) >= 11 is 0. The summed E-state index contributed by atoms with van der Waals surface area (Å²) in [6.45, 7) is 2.30. The molecule has 6 heteroatoms. The smallest absolute Gasteiger partial charge is 0.343 e. The van der Waals surface area contributed by atoms with Crippen molar-refractivity contribution >= 4 is 11.9 Å². The maximum absolute atomic E-state index is 12.1. The van der Waals surface area contributed by atoms with Gasteiger partial charge in [-0.05, 0) is 36.8 Å². The molecule has 2 N–H and O–H groups in total. The standard InChI is InChI=1S/C16H16N2O4/c1-2-21-15-13(4-3-9-18-15)16(20)22-10-11-5-7-12(8-6-11)14(17)19/h3-9H,2,10H2,1H3,(H2,17,19). The third-order valence-corrected chi connectivity index (χ3v) is 2.88. The van der Waals surface area contributed by atoms with E-state index in [2.05, 4.69) is 4.98 Å². The third-order valence-electron chi connectivity index (χ3n) is 2.88. The molecule has 0 saturated heterocycles. The van der Waals surface area contributed by atoms with Crippen molar-refractivity contribution in [3.63, 3.8) is 0 Å². The lowest BCUT2D eigenvalue weighted by molar-refractivity contribution is 0.0467. The Morgan fingerprint density at radius 1 is 1.18 bits per heavy atom. The molecule has 0 aliphatic rings. The quantitative estimate of drug-likeness (QED) is 0.823. The van der Waals surface area contributed by atoms with Crippen LogP contribution in [0.15, 0.2) is 42.6 Å². The Kier molecular flexibility index (Phi) is 5.08. The summed E-state index contributed by atoms with van der Waals surface area (Å²) in [5.74, 6) is -0.769. The van der Waals surface area contributed by atoms with Gasteiger partial charge in [0.1, 0.15) is 12.2 Å². The molecule has 0 saturated carbocycles. The SMILES string of the molecule is CCOc1ncccc1C(=O)OCc1ccc(C(N)=O)cc1. The first-order chi connectivity index (χ1) is 10.6. The number of aromatic nitrogens is 1. The van der Waals surface area contributed by atoms with Gasteiger partial charge in [-0.1, -0.05) is 12.1 Å². The van der Waals surface area contributed by atoms with E-state index in [0.717, 1.165) is 5.56 Å². The molecule has 0 aliphatic heterocycles. The van der Waals surface area contributed by atoms with Gasteiger partial charge >= 0.3 is 5.97 Å². The Morgan fingerprint density at radius 2 is 1.91 bits per heavy atom. The summed E-state index contributed by atoms with van der Waals surface area (Å²) in [4.78, 5) is 27.1. The van der Waals surface area contributed by atoms with Crippen LogP contribution >= 0.6 is 0 Å². The first-order valence-corrected chi connectivity index (χ1v) is 6.75. The Bertz CT molecular complexity index is 668. The highest BCUT2D eigenvalue weighted by molar-refractivity contribution is 5.93. The fraction of sp³-hybridized carbons (Fsp3) is 0.188. The van der Waals surface area contributed by atoms with Crippen molar-refractivity contribution in [1.29, 1.82) is 0 Å². The summed E-state index contributed by atoms with van der Waals surface area (Å²) in [7, 11) is 0. The van der Waals surface area contributed by atoms with E-state index in [1.165, 1.54) is 0 Å². The molecule has 0 spiro atoms. The van der Waals surface area contributed by atoms with Crippen molar-refractivity contribution in [3.05, 3.63) is 59.3 Å². The Hall–Kier alpha value is -2.89. The van der Waals surface area contributed by atoms with Crippen LogP contribution in [-0.4, -0.2) is 23.5 Å². The molecule has 0 fully saturated rings. The molecule has 1 heterocycles. The van der Waals surface area contributed by atoms with Crippen LogP contribution in [0.25, 0.3) is 0 Å². The normalized spacial score (nSPS) is 10.0. The zero-order chi connectivity index (χ0) is 15.9.